The van der Waals surface area contributed by atoms with Gasteiger partial charge in [0.2, 0.25) is 0 Å². The van der Waals surface area contributed by atoms with E-state index in [-0.39, 0.29) is 12.6 Å². The van der Waals surface area contributed by atoms with Gasteiger partial charge in [-0.2, -0.15) is 0 Å². The fraction of sp³-hybridized carbons (Fsp3) is 0.379. The maximum atomic E-state index is 13.1. The van der Waals surface area contributed by atoms with Crippen LogP contribution in [0.5, 0.6) is 5.75 Å². The Morgan fingerprint density at radius 1 is 1.30 bits per heavy atom. The van der Waals surface area contributed by atoms with E-state index in [0.717, 1.165) is 16.4 Å². The van der Waals surface area contributed by atoms with Crippen molar-refractivity contribution in [3.63, 3.8) is 0 Å². The normalized spacial score (nSPS) is 17.1. The van der Waals surface area contributed by atoms with E-state index in [9.17, 15) is 19.8 Å². The number of halogens is 2. The molecule has 40 heavy (non-hydrogen) atoms. The van der Waals surface area contributed by atoms with Crippen LogP contribution in [0.15, 0.2) is 54.7 Å². The molecule has 1 fully saturated rings. The summed E-state index contributed by atoms with van der Waals surface area (Å²) >= 11 is 8.32. The van der Waals surface area contributed by atoms with Crippen molar-refractivity contribution in [1.82, 2.24) is 10.2 Å². The monoisotopic (exact) mass is 680 g/mol. The molecule has 3 rings (SSSR count). The molecule has 1 aliphatic heterocycles. The molecule has 1 aliphatic rings. The van der Waals surface area contributed by atoms with Gasteiger partial charge >= 0.3 is 0 Å². The Hall–Kier alpha value is -2.82. The molecule has 1 saturated heterocycles. The van der Waals surface area contributed by atoms with Gasteiger partial charge in [-0.1, -0.05) is 64.4 Å². The number of aliphatic hydroxyl groups is 2. The maximum absolute atomic E-state index is 13.1. The number of carbonyl (C=O) groups is 2. The van der Waals surface area contributed by atoms with Crippen LogP contribution in [0.1, 0.15) is 49.9 Å². The molecule has 0 saturated carbocycles. The first-order valence-electron chi connectivity index (χ1n) is 12.8. The molecule has 1 heterocycles. The molecule has 5 N–H and O–H groups in total. The van der Waals surface area contributed by atoms with Gasteiger partial charge in [0.05, 0.1) is 17.8 Å². The highest BCUT2D eigenvalue weighted by atomic mass is 127. The molecule has 0 bridgehead atoms. The van der Waals surface area contributed by atoms with Crippen LogP contribution in [0.4, 0.5) is 5.69 Å². The van der Waals surface area contributed by atoms with Gasteiger partial charge in [0.25, 0.3) is 11.8 Å². The smallest absolute Gasteiger partial charge is 0.255 e. The molecular weight excluding hydrogens is 647 g/mol. The number of alkyl halides is 1. The molecule has 11 heteroatoms. The Balaban J connectivity index is 1.70. The van der Waals surface area contributed by atoms with Gasteiger partial charge in [-0.15, -0.1) is 5.92 Å². The van der Waals surface area contributed by atoms with Gasteiger partial charge in [0.1, 0.15) is 12.4 Å². The average Bonchev–Trinajstić information content (AvgIpc) is 3.45. The molecule has 0 unspecified atom stereocenters. The lowest BCUT2D eigenvalue weighted by molar-refractivity contribution is -0.154. The lowest BCUT2D eigenvalue weighted by Crippen LogP contribution is -2.50. The summed E-state index contributed by atoms with van der Waals surface area (Å²) in [5.74, 6) is 10.6. The zero-order valence-electron chi connectivity index (χ0n) is 22.4. The number of hydrogen-bond acceptors (Lipinski definition) is 7. The van der Waals surface area contributed by atoms with E-state index >= 15 is 0 Å². The number of nitrogens with one attached hydrogen (secondary N) is 1. The summed E-state index contributed by atoms with van der Waals surface area (Å²) in [7, 11) is 0. The number of benzene rings is 2. The number of allylic oxidation sites excluding steroid dienone is 1. The highest BCUT2D eigenvalue weighted by molar-refractivity contribution is 14.1. The van der Waals surface area contributed by atoms with E-state index < -0.39 is 30.1 Å². The summed E-state index contributed by atoms with van der Waals surface area (Å²) in [6, 6.07) is 11.5. The van der Waals surface area contributed by atoms with Crippen molar-refractivity contribution in [3.05, 3.63) is 70.9 Å². The molecule has 2 aromatic rings. The summed E-state index contributed by atoms with van der Waals surface area (Å²) in [6.45, 7) is 3.98. The highest BCUT2D eigenvalue weighted by Crippen LogP contribution is 2.34. The number of rotatable bonds is 11. The van der Waals surface area contributed by atoms with Gasteiger partial charge in [0.15, 0.2) is 12.2 Å². The van der Waals surface area contributed by atoms with Crippen molar-refractivity contribution < 1.29 is 24.5 Å². The van der Waals surface area contributed by atoms with E-state index in [0.29, 0.717) is 35.0 Å². The number of carbonyl (C=O) groups excluding carboxylic acids is 2. The van der Waals surface area contributed by atoms with Crippen LogP contribution < -0.4 is 20.9 Å². The molecule has 0 spiro atoms. The topological polar surface area (TPSA) is 128 Å². The number of hydrazine groups is 1. The Morgan fingerprint density at radius 3 is 2.77 bits per heavy atom. The van der Waals surface area contributed by atoms with E-state index in [1.165, 1.54) is 9.91 Å². The minimum Gasteiger partial charge on any atom is -0.479 e. The Labute approximate surface area is 253 Å². The molecule has 0 radical (unpaired) electrons. The third-order valence-corrected chi connectivity index (χ3v) is 7.29. The lowest BCUT2D eigenvalue weighted by Gasteiger charge is -2.29. The Kier molecular flexibility index (Phi) is 12.1. The summed E-state index contributed by atoms with van der Waals surface area (Å²) in [5, 5.41) is 25.9. The molecule has 2 aromatic carbocycles. The standard InChI is InChI=1S/C29H34ClIN4O5/c1-3-4-16-40-25-18-20(11-12-24(25)35(32)15-7-13-31)19(2)33-28(38)26(36)27(37)29(39)34-14-6-10-23(34)21-8-5-9-22(30)17-21/h5,7-9,11-12,15,17-19,23,26-27,36-37H,6,10,13-14,16,32H2,1-2H3,(H,33,38)/b15-7-/t19-,23-,26-,27-/m1/s1. The largest absolute Gasteiger partial charge is 0.479 e. The molecule has 0 aromatic heterocycles. The van der Waals surface area contributed by atoms with Gasteiger partial charge in [0, 0.05) is 22.2 Å². The van der Waals surface area contributed by atoms with Crippen LogP contribution in [0.25, 0.3) is 0 Å². The molecule has 2 amide bonds. The third kappa shape index (κ3) is 8.11. The number of amides is 2. The molecule has 0 aliphatic carbocycles. The van der Waals surface area contributed by atoms with Crippen LogP contribution in [-0.2, 0) is 9.59 Å². The van der Waals surface area contributed by atoms with Crippen LogP contribution in [0.2, 0.25) is 5.02 Å². The summed E-state index contributed by atoms with van der Waals surface area (Å²) in [5.41, 5.74) is 2.10. The predicted octanol–water partition coefficient (Wildman–Crippen LogP) is 3.63. The van der Waals surface area contributed by atoms with E-state index in [1.807, 2.05) is 12.1 Å². The molecule has 214 valence electrons. The second-order valence-electron chi connectivity index (χ2n) is 9.25. The van der Waals surface area contributed by atoms with E-state index in [2.05, 4.69) is 39.7 Å². The number of likely N-dealkylation sites (tertiary alicyclic amines) is 1. The first-order valence-corrected chi connectivity index (χ1v) is 14.7. The minimum absolute atomic E-state index is 0.150. The first-order chi connectivity index (χ1) is 19.2. The van der Waals surface area contributed by atoms with Crippen LogP contribution in [-0.4, -0.2) is 56.7 Å². The zero-order chi connectivity index (χ0) is 29.2. The summed E-state index contributed by atoms with van der Waals surface area (Å²) < 4.78 is 6.59. The molecule has 4 atom stereocenters. The highest BCUT2D eigenvalue weighted by Gasteiger charge is 2.38. The minimum atomic E-state index is -1.96. The van der Waals surface area contributed by atoms with E-state index in [4.69, 9.17) is 22.2 Å². The number of nitrogens with zero attached hydrogens (tertiary/aromatic N) is 2. The second kappa shape index (κ2) is 15.3. The van der Waals surface area contributed by atoms with Gasteiger partial charge < -0.3 is 25.2 Å². The van der Waals surface area contributed by atoms with Crippen molar-refractivity contribution in [3.8, 4) is 17.6 Å². The second-order valence-corrected chi connectivity index (χ2v) is 10.6. The predicted molar refractivity (Wildman–Crippen MR) is 164 cm³/mol. The average molecular weight is 681 g/mol. The number of nitrogens with two attached hydrogens (primary N) is 1. The number of ether oxygens (including phenoxy) is 1. The van der Waals surface area contributed by atoms with Gasteiger partial charge in [-0.25, -0.2) is 5.84 Å². The number of aliphatic hydroxyl groups excluding tert-OH is 2. The quantitative estimate of drug-likeness (QED) is 0.0939. The summed E-state index contributed by atoms with van der Waals surface area (Å²) in [4.78, 5) is 27.5. The van der Waals surface area contributed by atoms with Crippen molar-refractivity contribution in [1.29, 1.82) is 0 Å². The van der Waals surface area contributed by atoms with Crippen molar-refractivity contribution in [2.45, 2.75) is 51.0 Å². The van der Waals surface area contributed by atoms with Gasteiger partial charge in [-0.05, 0) is 62.1 Å². The van der Waals surface area contributed by atoms with Crippen molar-refractivity contribution >= 4 is 51.7 Å². The van der Waals surface area contributed by atoms with Gasteiger partial charge in [-0.3, -0.25) is 14.6 Å². The number of anilines is 1. The SMILES string of the molecule is CC#CCOc1cc([C@@H](C)NC(=O)[C@H](O)[C@@H](O)C(=O)N2CCC[C@@H]2c2cccc(Cl)c2)ccc1N(N)/C=C\CI. The summed E-state index contributed by atoms with van der Waals surface area (Å²) in [6.07, 6.45) is 1.15. The van der Waals surface area contributed by atoms with E-state index in [1.54, 1.807) is 56.4 Å². The van der Waals surface area contributed by atoms with Crippen molar-refractivity contribution in [2.24, 2.45) is 5.84 Å². The number of hydrogen-bond donors (Lipinski definition) is 4. The lowest BCUT2D eigenvalue weighted by atomic mass is 10.0. The van der Waals surface area contributed by atoms with Crippen LogP contribution in [0.3, 0.4) is 0 Å². The molecular formula is C29H34ClIN4O5. The first kappa shape index (κ1) is 31.7. The maximum Gasteiger partial charge on any atom is 0.255 e. The fourth-order valence-electron chi connectivity index (χ4n) is 4.47. The fourth-order valence-corrected chi connectivity index (χ4v) is 4.90. The Morgan fingerprint density at radius 2 is 2.08 bits per heavy atom. The Bertz CT molecular complexity index is 1280. The van der Waals surface area contributed by atoms with Crippen LogP contribution >= 0.6 is 34.2 Å². The zero-order valence-corrected chi connectivity index (χ0v) is 25.3. The molecule has 9 nitrogen and oxygen atoms in total. The van der Waals surface area contributed by atoms with Crippen LogP contribution in [0, 0.1) is 11.8 Å². The van der Waals surface area contributed by atoms with Crippen molar-refractivity contribution in [2.75, 3.05) is 22.6 Å². The third-order valence-electron chi connectivity index (χ3n) is 6.54.